The second-order valence-electron chi connectivity index (χ2n) is 4.40. The molecule has 1 unspecified atom stereocenters. The standard InChI is InChI=1S/C14H16N2O2/c1-16(9-4-8-15)14(17)12-7-10-18-13-6-3-2-5-11(12)13/h2-3,5-6,12H,4,7,9-10H2,1H3. The van der Waals surface area contributed by atoms with Crippen LogP contribution in [0.25, 0.3) is 0 Å². The van der Waals surface area contributed by atoms with Crippen LogP contribution in [-0.2, 0) is 4.79 Å². The van der Waals surface area contributed by atoms with Crippen molar-refractivity contribution in [2.75, 3.05) is 20.2 Å². The first-order valence-corrected chi connectivity index (χ1v) is 6.07. The number of carbonyl (C=O) groups is 1. The molecule has 0 fully saturated rings. The molecule has 1 heterocycles. The van der Waals surface area contributed by atoms with E-state index in [9.17, 15) is 4.79 Å². The third-order valence-electron chi connectivity index (χ3n) is 3.19. The summed E-state index contributed by atoms with van der Waals surface area (Å²) in [6.45, 7) is 1.05. The van der Waals surface area contributed by atoms with E-state index in [4.69, 9.17) is 10.00 Å². The van der Waals surface area contributed by atoms with Crippen LogP contribution in [0, 0.1) is 11.3 Å². The molecule has 1 aromatic carbocycles. The van der Waals surface area contributed by atoms with E-state index < -0.39 is 0 Å². The summed E-state index contributed by atoms with van der Waals surface area (Å²) in [5, 5.41) is 8.56. The smallest absolute Gasteiger partial charge is 0.230 e. The second kappa shape index (κ2) is 5.54. The SMILES string of the molecule is CN(CCC#N)C(=O)C1CCOc2ccccc21. The Kier molecular flexibility index (Phi) is 3.83. The predicted octanol–water partition coefficient (Wildman–Crippen LogP) is 1.92. The summed E-state index contributed by atoms with van der Waals surface area (Å²) in [6, 6.07) is 9.72. The molecule has 1 atom stereocenters. The lowest BCUT2D eigenvalue weighted by Crippen LogP contribution is -2.34. The van der Waals surface area contributed by atoms with Gasteiger partial charge in [0.25, 0.3) is 0 Å². The van der Waals surface area contributed by atoms with Crippen molar-refractivity contribution in [2.24, 2.45) is 0 Å². The summed E-state index contributed by atoms with van der Waals surface area (Å²) in [4.78, 5) is 14.0. The molecular formula is C14H16N2O2. The summed E-state index contributed by atoms with van der Waals surface area (Å²) in [5.41, 5.74) is 0.956. The molecule has 1 aromatic rings. The number of benzene rings is 1. The number of hydrogen-bond donors (Lipinski definition) is 0. The Bertz CT molecular complexity index is 479. The molecule has 4 heteroatoms. The van der Waals surface area contributed by atoms with Gasteiger partial charge in [-0.2, -0.15) is 5.26 Å². The lowest BCUT2D eigenvalue weighted by atomic mass is 9.92. The molecule has 0 saturated heterocycles. The Morgan fingerprint density at radius 1 is 1.56 bits per heavy atom. The minimum atomic E-state index is -0.140. The number of para-hydroxylation sites is 1. The number of fused-ring (bicyclic) bond motifs is 1. The van der Waals surface area contributed by atoms with Gasteiger partial charge in [-0.05, 0) is 12.5 Å². The highest BCUT2D eigenvalue weighted by molar-refractivity contribution is 5.84. The zero-order valence-corrected chi connectivity index (χ0v) is 10.4. The lowest BCUT2D eigenvalue weighted by molar-refractivity contribution is -0.132. The van der Waals surface area contributed by atoms with E-state index in [0.29, 0.717) is 26.0 Å². The lowest BCUT2D eigenvalue weighted by Gasteiger charge is -2.28. The normalized spacial score (nSPS) is 17.2. The van der Waals surface area contributed by atoms with Gasteiger partial charge in [-0.3, -0.25) is 4.79 Å². The Balaban J connectivity index is 2.15. The van der Waals surface area contributed by atoms with Gasteiger partial charge in [0, 0.05) is 19.2 Å². The van der Waals surface area contributed by atoms with E-state index in [1.165, 1.54) is 0 Å². The van der Waals surface area contributed by atoms with Crippen LogP contribution in [0.5, 0.6) is 5.75 Å². The van der Waals surface area contributed by atoms with Crippen LogP contribution < -0.4 is 4.74 Å². The highest BCUT2D eigenvalue weighted by Gasteiger charge is 2.29. The first-order valence-electron chi connectivity index (χ1n) is 6.07. The first kappa shape index (κ1) is 12.4. The molecule has 0 aliphatic carbocycles. The van der Waals surface area contributed by atoms with E-state index in [1.807, 2.05) is 24.3 Å². The number of likely N-dealkylation sites (N-methyl/N-ethyl adjacent to an activating group) is 1. The minimum Gasteiger partial charge on any atom is -0.493 e. The van der Waals surface area contributed by atoms with E-state index in [0.717, 1.165) is 11.3 Å². The molecule has 0 saturated carbocycles. The van der Waals surface area contributed by atoms with E-state index >= 15 is 0 Å². The van der Waals surface area contributed by atoms with Crippen LogP contribution in [-0.4, -0.2) is 31.0 Å². The maximum Gasteiger partial charge on any atom is 0.230 e. The maximum absolute atomic E-state index is 12.3. The van der Waals surface area contributed by atoms with Crippen molar-refractivity contribution in [2.45, 2.75) is 18.8 Å². The average Bonchev–Trinajstić information content (AvgIpc) is 2.43. The highest BCUT2D eigenvalue weighted by Crippen LogP contribution is 2.34. The van der Waals surface area contributed by atoms with Crippen molar-refractivity contribution >= 4 is 5.91 Å². The molecule has 94 valence electrons. The van der Waals surface area contributed by atoms with E-state index in [2.05, 4.69) is 6.07 Å². The zero-order valence-electron chi connectivity index (χ0n) is 10.4. The third kappa shape index (κ3) is 2.45. The van der Waals surface area contributed by atoms with Crippen LogP contribution >= 0.6 is 0 Å². The van der Waals surface area contributed by atoms with Crippen molar-refractivity contribution < 1.29 is 9.53 Å². The first-order chi connectivity index (χ1) is 8.74. The number of hydrogen-bond acceptors (Lipinski definition) is 3. The van der Waals surface area contributed by atoms with Crippen molar-refractivity contribution in [3.63, 3.8) is 0 Å². The van der Waals surface area contributed by atoms with Crippen LogP contribution in [0.15, 0.2) is 24.3 Å². The van der Waals surface area contributed by atoms with Crippen LogP contribution in [0.3, 0.4) is 0 Å². The highest BCUT2D eigenvalue weighted by atomic mass is 16.5. The van der Waals surface area contributed by atoms with Gasteiger partial charge in [0.1, 0.15) is 5.75 Å². The minimum absolute atomic E-state index is 0.0704. The van der Waals surface area contributed by atoms with Crippen LogP contribution in [0.2, 0.25) is 0 Å². The van der Waals surface area contributed by atoms with Crippen molar-refractivity contribution in [1.82, 2.24) is 4.90 Å². The van der Waals surface area contributed by atoms with Gasteiger partial charge >= 0.3 is 0 Å². The van der Waals surface area contributed by atoms with Gasteiger partial charge < -0.3 is 9.64 Å². The molecule has 18 heavy (non-hydrogen) atoms. The molecule has 0 spiro atoms. The molecule has 1 aliphatic rings. The summed E-state index contributed by atoms with van der Waals surface area (Å²) in [6.07, 6.45) is 1.07. The number of carbonyl (C=O) groups excluding carboxylic acids is 1. The van der Waals surface area contributed by atoms with Gasteiger partial charge in [-0.1, -0.05) is 18.2 Å². The summed E-state index contributed by atoms with van der Waals surface area (Å²) in [5.74, 6) is 0.732. The van der Waals surface area contributed by atoms with E-state index in [1.54, 1.807) is 11.9 Å². The predicted molar refractivity (Wildman–Crippen MR) is 67.2 cm³/mol. The van der Waals surface area contributed by atoms with E-state index in [-0.39, 0.29) is 11.8 Å². The summed E-state index contributed by atoms with van der Waals surface area (Å²) in [7, 11) is 1.75. The molecule has 0 aromatic heterocycles. The molecule has 0 N–H and O–H groups in total. The maximum atomic E-state index is 12.3. The third-order valence-corrected chi connectivity index (χ3v) is 3.19. The molecule has 1 aliphatic heterocycles. The fourth-order valence-corrected chi connectivity index (χ4v) is 2.19. The number of nitriles is 1. The summed E-state index contributed by atoms with van der Waals surface area (Å²) < 4.78 is 5.54. The number of rotatable bonds is 3. The van der Waals surface area contributed by atoms with Gasteiger partial charge in [0.05, 0.1) is 25.0 Å². The monoisotopic (exact) mass is 244 g/mol. The Hall–Kier alpha value is -2.02. The molecule has 4 nitrogen and oxygen atoms in total. The molecule has 0 radical (unpaired) electrons. The Morgan fingerprint density at radius 3 is 3.11 bits per heavy atom. The zero-order chi connectivity index (χ0) is 13.0. The number of ether oxygens (including phenoxy) is 1. The Morgan fingerprint density at radius 2 is 2.33 bits per heavy atom. The number of nitrogens with zero attached hydrogens (tertiary/aromatic N) is 2. The molecular weight excluding hydrogens is 228 g/mol. The van der Waals surface area contributed by atoms with Crippen LogP contribution in [0.4, 0.5) is 0 Å². The largest absolute Gasteiger partial charge is 0.493 e. The fourth-order valence-electron chi connectivity index (χ4n) is 2.19. The van der Waals surface area contributed by atoms with Gasteiger partial charge in [-0.25, -0.2) is 0 Å². The van der Waals surface area contributed by atoms with Crippen molar-refractivity contribution in [3.05, 3.63) is 29.8 Å². The quantitative estimate of drug-likeness (QED) is 0.816. The average molecular weight is 244 g/mol. The van der Waals surface area contributed by atoms with Gasteiger partial charge in [0.15, 0.2) is 0 Å². The van der Waals surface area contributed by atoms with Crippen molar-refractivity contribution in [3.8, 4) is 11.8 Å². The molecule has 2 rings (SSSR count). The van der Waals surface area contributed by atoms with Gasteiger partial charge in [-0.15, -0.1) is 0 Å². The topological polar surface area (TPSA) is 53.3 Å². The second-order valence-corrected chi connectivity index (χ2v) is 4.40. The van der Waals surface area contributed by atoms with Gasteiger partial charge in [0.2, 0.25) is 5.91 Å². The van der Waals surface area contributed by atoms with Crippen LogP contribution in [0.1, 0.15) is 24.3 Å². The Labute approximate surface area is 107 Å². The van der Waals surface area contributed by atoms with Crippen molar-refractivity contribution in [1.29, 1.82) is 5.26 Å². The number of amides is 1. The molecule has 0 bridgehead atoms. The summed E-state index contributed by atoms with van der Waals surface area (Å²) >= 11 is 0. The fraction of sp³-hybridized carbons (Fsp3) is 0.429. The molecule has 1 amide bonds.